The Hall–Kier alpha value is -0.870. The number of nitrogens with zero attached hydrogens (tertiary/aromatic N) is 2. The first kappa shape index (κ1) is 11.2. The largest absolute Gasteiger partial charge is 0.275 e. The molecule has 0 aliphatic carbocycles. The number of hydrogen-bond acceptors (Lipinski definition) is 3. The molecule has 0 radical (unpaired) electrons. The summed E-state index contributed by atoms with van der Waals surface area (Å²) in [5.74, 6) is 6.22. The van der Waals surface area contributed by atoms with Crippen LogP contribution in [0.25, 0.3) is 0 Å². The Kier molecular flexibility index (Phi) is 4.10. The summed E-state index contributed by atoms with van der Waals surface area (Å²) in [6.45, 7) is 4.44. The molecule has 0 aliphatic rings. The normalized spacial score (nSPS) is 13.5. The maximum Gasteiger partial charge on any atom is 0.0538 e. The van der Waals surface area contributed by atoms with Gasteiger partial charge < -0.3 is 0 Å². The molecule has 1 rings (SSSR count). The molecule has 0 aliphatic heterocycles. The molecule has 4 nitrogen and oxygen atoms in total. The Labute approximate surface area is 85.5 Å². The number of hydrogen-bond donors (Lipinski definition) is 2. The second kappa shape index (κ2) is 5.12. The number of nitrogens with two attached hydrogens (primary N) is 1. The van der Waals surface area contributed by atoms with Gasteiger partial charge in [0.05, 0.1) is 6.20 Å². The van der Waals surface area contributed by atoms with Crippen molar-refractivity contribution in [3.8, 4) is 0 Å². The Bertz CT molecular complexity index is 267. The summed E-state index contributed by atoms with van der Waals surface area (Å²) < 4.78 is 1.80. The third kappa shape index (κ3) is 3.12. The fourth-order valence-corrected chi connectivity index (χ4v) is 1.47. The van der Waals surface area contributed by atoms with Gasteiger partial charge >= 0.3 is 0 Å². The van der Waals surface area contributed by atoms with Crippen LogP contribution in [0.5, 0.6) is 0 Å². The summed E-state index contributed by atoms with van der Waals surface area (Å²) >= 11 is 0. The van der Waals surface area contributed by atoms with Gasteiger partial charge in [-0.1, -0.05) is 13.8 Å². The lowest BCUT2D eigenvalue weighted by Crippen LogP contribution is -2.28. The zero-order valence-electron chi connectivity index (χ0n) is 9.20. The lowest BCUT2D eigenvalue weighted by Gasteiger charge is -2.15. The number of hydrazine groups is 1. The van der Waals surface area contributed by atoms with Crippen LogP contribution in [0.4, 0.5) is 0 Å². The van der Waals surface area contributed by atoms with Gasteiger partial charge in [-0.15, -0.1) is 0 Å². The molecule has 14 heavy (non-hydrogen) atoms. The highest BCUT2D eigenvalue weighted by Gasteiger charge is 2.11. The summed E-state index contributed by atoms with van der Waals surface area (Å²) in [6, 6.07) is 0.228. The Morgan fingerprint density at radius 1 is 1.50 bits per heavy atom. The molecule has 1 heterocycles. The van der Waals surface area contributed by atoms with Gasteiger partial charge in [-0.25, -0.2) is 0 Å². The van der Waals surface area contributed by atoms with Crippen LogP contribution in [-0.2, 0) is 7.05 Å². The third-order valence-corrected chi connectivity index (χ3v) is 2.36. The van der Waals surface area contributed by atoms with E-state index in [0.29, 0.717) is 5.92 Å². The minimum absolute atomic E-state index is 0.228. The molecular weight excluding hydrogens is 176 g/mol. The predicted octanol–water partition coefficient (Wildman–Crippen LogP) is 1.36. The average Bonchev–Trinajstić information content (AvgIpc) is 2.53. The first-order valence-corrected chi connectivity index (χ1v) is 5.08. The molecule has 4 heteroatoms. The smallest absolute Gasteiger partial charge is 0.0538 e. The van der Waals surface area contributed by atoms with Crippen LogP contribution in [0.2, 0.25) is 0 Å². The van der Waals surface area contributed by atoms with Gasteiger partial charge in [0, 0.05) is 24.8 Å². The highest BCUT2D eigenvalue weighted by atomic mass is 15.3. The molecule has 80 valence electrons. The van der Waals surface area contributed by atoms with Crippen molar-refractivity contribution in [3.63, 3.8) is 0 Å². The van der Waals surface area contributed by atoms with Crippen LogP contribution in [0, 0.1) is 5.92 Å². The van der Waals surface area contributed by atoms with Gasteiger partial charge in [0.15, 0.2) is 0 Å². The standard InChI is InChI=1S/C10H20N4/c1-8(2)4-5-10(13-11)9-6-12-14(3)7-9/h6-8,10,13H,4-5,11H2,1-3H3. The van der Waals surface area contributed by atoms with E-state index in [1.54, 1.807) is 4.68 Å². The molecule has 1 aromatic rings. The van der Waals surface area contributed by atoms with E-state index in [1.807, 2.05) is 19.4 Å². The molecule has 1 aromatic heterocycles. The molecule has 0 saturated heterocycles. The van der Waals surface area contributed by atoms with E-state index >= 15 is 0 Å². The van der Waals surface area contributed by atoms with E-state index in [1.165, 1.54) is 6.42 Å². The number of rotatable bonds is 5. The fourth-order valence-electron chi connectivity index (χ4n) is 1.47. The van der Waals surface area contributed by atoms with Crippen molar-refractivity contribution >= 4 is 0 Å². The monoisotopic (exact) mass is 196 g/mol. The van der Waals surface area contributed by atoms with Crippen LogP contribution in [0.3, 0.4) is 0 Å². The number of aromatic nitrogens is 2. The maximum atomic E-state index is 5.51. The van der Waals surface area contributed by atoms with E-state index in [0.717, 1.165) is 12.0 Å². The van der Waals surface area contributed by atoms with Crippen molar-refractivity contribution in [1.82, 2.24) is 15.2 Å². The molecule has 0 amide bonds. The summed E-state index contributed by atoms with van der Waals surface area (Å²) in [5, 5.41) is 4.13. The quantitative estimate of drug-likeness (QED) is 0.552. The SMILES string of the molecule is CC(C)CCC(NN)c1cnn(C)c1. The highest BCUT2D eigenvalue weighted by Crippen LogP contribution is 2.19. The number of nitrogens with one attached hydrogen (secondary N) is 1. The highest BCUT2D eigenvalue weighted by molar-refractivity contribution is 5.09. The molecule has 3 N–H and O–H groups in total. The summed E-state index contributed by atoms with van der Waals surface area (Å²) in [6.07, 6.45) is 6.10. The molecular formula is C10H20N4. The van der Waals surface area contributed by atoms with E-state index in [2.05, 4.69) is 24.4 Å². The Morgan fingerprint density at radius 3 is 2.64 bits per heavy atom. The molecule has 0 aromatic carbocycles. The lowest BCUT2D eigenvalue weighted by molar-refractivity contribution is 0.448. The van der Waals surface area contributed by atoms with Crippen LogP contribution in [-0.4, -0.2) is 9.78 Å². The Morgan fingerprint density at radius 2 is 2.21 bits per heavy atom. The summed E-state index contributed by atoms with van der Waals surface area (Å²) in [7, 11) is 1.92. The predicted molar refractivity (Wildman–Crippen MR) is 57.3 cm³/mol. The van der Waals surface area contributed by atoms with Crippen LogP contribution >= 0.6 is 0 Å². The average molecular weight is 196 g/mol. The first-order chi connectivity index (χ1) is 6.63. The molecule has 1 unspecified atom stereocenters. The van der Waals surface area contributed by atoms with Gasteiger partial charge in [-0.3, -0.25) is 16.0 Å². The van der Waals surface area contributed by atoms with E-state index in [4.69, 9.17) is 5.84 Å². The lowest BCUT2D eigenvalue weighted by atomic mass is 10.0. The van der Waals surface area contributed by atoms with Crippen LogP contribution in [0.1, 0.15) is 38.3 Å². The van der Waals surface area contributed by atoms with Crippen LogP contribution < -0.4 is 11.3 Å². The van der Waals surface area contributed by atoms with E-state index in [9.17, 15) is 0 Å². The van der Waals surface area contributed by atoms with Crippen molar-refractivity contribution in [1.29, 1.82) is 0 Å². The van der Waals surface area contributed by atoms with Gasteiger partial charge in [0.1, 0.15) is 0 Å². The van der Waals surface area contributed by atoms with Crippen LogP contribution in [0.15, 0.2) is 12.4 Å². The zero-order valence-corrected chi connectivity index (χ0v) is 9.20. The van der Waals surface area contributed by atoms with Crippen molar-refractivity contribution in [2.45, 2.75) is 32.7 Å². The minimum atomic E-state index is 0.228. The molecule has 0 saturated carbocycles. The number of aryl methyl sites for hydroxylation is 1. The van der Waals surface area contributed by atoms with Crippen molar-refractivity contribution in [2.24, 2.45) is 18.8 Å². The molecule has 0 bridgehead atoms. The van der Waals surface area contributed by atoms with Crippen molar-refractivity contribution < 1.29 is 0 Å². The van der Waals surface area contributed by atoms with Gasteiger partial charge in [-0.2, -0.15) is 5.10 Å². The molecule has 0 spiro atoms. The zero-order chi connectivity index (χ0) is 10.6. The maximum absolute atomic E-state index is 5.51. The molecule has 0 fully saturated rings. The fraction of sp³-hybridized carbons (Fsp3) is 0.700. The second-order valence-electron chi connectivity index (χ2n) is 4.14. The van der Waals surface area contributed by atoms with E-state index < -0.39 is 0 Å². The topological polar surface area (TPSA) is 55.9 Å². The van der Waals surface area contributed by atoms with Gasteiger partial charge in [0.2, 0.25) is 0 Å². The summed E-state index contributed by atoms with van der Waals surface area (Å²) in [4.78, 5) is 0. The van der Waals surface area contributed by atoms with Crippen molar-refractivity contribution in [3.05, 3.63) is 18.0 Å². The van der Waals surface area contributed by atoms with E-state index in [-0.39, 0.29) is 6.04 Å². The third-order valence-electron chi connectivity index (χ3n) is 2.36. The Balaban J connectivity index is 2.54. The first-order valence-electron chi connectivity index (χ1n) is 5.08. The minimum Gasteiger partial charge on any atom is -0.275 e. The van der Waals surface area contributed by atoms with Gasteiger partial charge in [0.25, 0.3) is 0 Å². The second-order valence-corrected chi connectivity index (χ2v) is 4.14. The molecule has 1 atom stereocenters. The van der Waals surface area contributed by atoms with Gasteiger partial charge in [-0.05, 0) is 18.8 Å². The van der Waals surface area contributed by atoms with Crippen molar-refractivity contribution in [2.75, 3.05) is 0 Å². The summed E-state index contributed by atoms with van der Waals surface area (Å²) in [5.41, 5.74) is 4.00.